The van der Waals surface area contributed by atoms with Crippen LogP contribution in [0.2, 0.25) is 0 Å². The first kappa shape index (κ1) is 16.9. The van der Waals surface area contributed by atoms with Gasteiger partial charge in [-0.25, -0.2) is 4.98 Å². The molecule has 0 radical (unpaired) electrons. The number of pyridine rings is 1. The van der Waals surface area contributed by atoms with Crippen LogP contribution in [0.1, 0.15) is 28.9 Å². The average Bonchev–Trinajstić information content (AvgIpc) is 2.63. The number of amides is 1. The number of carbonyl (C=O) groups is 1. The lowest BCUT2D eigenvalue weighted by atomic mass is 10.1. The van der Waals surface area contributed by atoms with Crippen molar-refractivity contribution in [3.8, 4) is 0 Å². The number of carbonyl (C=O) groups excluding carboxylic acids is 1. The number of rotatable bonds is 4. The van der Waals surface area contributed by atoms with Crippen molar-refractivity contribution in [1.82, 2.24) is 10.3 Å². The van der Waals surface area contributed by atoms with Gasteiger partial charge >= 0.3 is 0 Å². The van der Waals surface area contributed by atoms with Crippen LogP contribution in [-0.2, 0) is 4.74 Å². The Balaban J connectivity index is 1.76. The zero-order valence-electron chi connectivity index (χ0n) is 13.5. The van der Waals surface area contributed by atoms with E-state index in [1.807, 2.05) is 37.3 Å². The average molecular weight is 390 g/mol. The van der Waals surface area contributed by atoms with Crippen LogP contribution in [0.5, 0.6) is 0 Å². The van der Waals surface area contributed by atoms with E-state index >= 15 is 0 Å². The summed E-state index contributed by atoms with van der Waals surface area (Å²) in [5, 5.41) is 3.06. The molecule has 1 saturated heterocycles. The Kier molecular flexibility index (Phi) is 5.48. The van der Waals surface area contributed by atoms with Gasteiger partial charge in [0.1, 0.15) is 5.82 Å². The first-order valence-corrected chi connectivity index (χ1v) is 8.78. The van der Waals surface area contributed by atoms with Crippen molar-refractivity contribution >= 4 is 27.7 Å². The van der Waals surface area contributed by atoms with Gasteiger partial charge in [0.2, 0.25) is 0 Å². The lowest BCUT2D eigenvalue weighted by Gasteiger charge is -2.29. The first-order valence-electron chi connectivity index (χ1n) is 7.99. The predicted molar refractivity (Wildman–Crippen MR) is 97.3 cm³/mol. The van der Waals surface area contributed by atoms with Crippen molar-refractivity contribution in [2.75, 3.05) is 31.2 Å². The van der Waals surface area contributed by atoms with Gasteiger partial charge in [-0.2, -0.15) is 0 Å². The van der Waals surface area contributed by atoms with Gasteiger partial charge in [0.05, 0.1) is 24.8 Å². The van der Waals surface area contributed by atoms with E-state index in [1.54, 1.807) is 12.3 Å². The smallest absolute Gasteiger partial charge is 0.255 e. The zero-order chi connectivity index (χ0) is 16.9. The van der Waals surface area contributed by atoms with Gasteiger partial charge in [0, 0.05) is 23.8 Å². The highest BCUT2D eigenvalue weighted by Crippen LogP contribution is 2.21. The van der Waals surface area contributed by atoms with E-state index in [-0.39, 0.29) is 11.9 Å². The van der Waals surface area contributed by atoms with Crippen molar-refractivity contribution in [2.45, 2.75) is 13.0 Å². The number of anilines is 1. The second-order valence-electron chi connectivity index (χ2n) is 5.72. The summed E-state index contributed by atoms with van der Waals surface area (Å²) >= 11 is 3.42. The van der Waals surface area contributed by atoms with E-state index in [0.717, 1.165) is 28.9 Å². The largest absolute Gasteiger partial charge is 0.378 e. The Bertz CT molecular complexity index is 700. The molecule has 3 rings (SSSR count). The fraction of sp³-hybridized carbons (Fsp3) is 0.333. The molecule has 2 heterocycles. The fourth-order valence-electron chi connectivity index (χ4n) is 2.71. The minimum Gasteiger partial charge on any atom is -0.378 e. The Morgan fingerprint density at radius 1 is 1.25 bits per heavy atom. The number of morpholine rings is 1. The molecule has 1 fully saturated rings. The molecule has 2 aromatic rings. The highest BCUT2D eigenvalue weighted by atomic mass is 79.9. The molecule has 1 aromatic heterocycles. The van der Waals surface area contributed by atoms with Gasteiger partial charge in [0.15, 0.2) is 0 Å². The van der Waals surface area contributed by atoms with E-state index in [1.165, 1.54) is 0 Å². The topological polar surface area (TPSA) is 54.5 Å². The maximum Gasteiger partial charge on any atom is 0.255 e. The maximum atomic E-state index is 12.7. The van der Waals surface area contributed by atoms with Gasteiger partial charge in [0.25, 0.3) is 5.91 Å². The molecular weight excluding hydrogens is 370 g/mol. The number of nitrogens with zero attached hydrogens (tertiary/aromatic N) is 2. The lowest BCUT2D eigenvalue weighted by molar-refractivity contribution is 0.0938. The van der Waals surface area contributed by atoms with Crippen LogP contribution in [0.4, 0.5) is 5.82 Å². The number of halogens is 1. The highest BCUT2D eigenvalue weighted by Gasteiger charge is 2.21. The van der Waals surface area contributed by atoms with Crippen LogP contribution in [0.25, 0.3) is 0 Å². The summed E-state index contributed by atoms with van der Waals surface area (Å²) in [4.78, 5) is 19.3. The summed E-state index contributed by atoms with van der Waals surface area (Å²) in [6.07, 6.45) is 1.72. The molecule has 1 unspecified atom stereocenters. The molecule has 126 valence electrons. The second-order valence-corrected chi connectivity index (χ2v) is 6.64. The van der Waals surface area contributed by atoms with Crippen molar-refractivity contribution in [1.29, 1.82) is 0 Å². The number of hydrogen-bond acceptors (Lipinski definition) is 4. The lowest BCUT2D eigenvalue weighted by Crippen LogP contribution is -2.38. The Morgan fingerprint density at radius 2 is 1.96 bits per heavy atom. The Morgan fingerprint density at radius 3 is 2.67 bits per heavy atom. The van der Waals surface area contributed by atoms with Crippen molar-refractivity contribution in [3.63, 3.8) is 0 Å². The third kappa shape index (κ3) is 3.94. The maximum absolute atomic E-state index is 12.7. The van der Waals surface area contributed by atoms with Crippen molar-refractivity contribution in [2.24, 2.45) is 0 Å². The molecule has 0 spiro atoms. The van der Waals surface area contributed by atoms with E-state index in [0.29, 0.717) is 18.8 Å². The molecule has 0 saturated carbocycles. The summed E-state index contributed by atoms with van der Waals surface area (Å²) in [6, 6.07) is 11.5. The minimum atomic E-state index is -0.111. The monoisotopic (exact) mass is 389 g/mol. The van der Waals surface area contributed by atoms with E-state index in [9.17, 15) is 4.79 Å². The number of hydrogen-bond donors (Lipinski definition) is 1. The van der Waals surface area contributed by atoms with Crippen molar-refractivity contribution < 1.29 is 9.53 Å². The summed E-state index contributed by atoms with van der Waals surface area (Å²) < 4.78 is 6.40. The molecular formula is C18H20BrN3O2. The second kappa shape index (κ2) is 7.77. The van der Waals surface area contributed by atoms with Gasteiger partial charge in [-0.1, -0.05) is 28.1 Å². The van der Waals surface area contributed by atoms with Crippen LogP contribution >= 0.6 is 15.9 Å². The quantitative estimate of drug-likeness (QED) is 0.872. The predicted octanol–water partition coefficient (Wildman–Crippen LogP) is 3.17. The molecule has 24 heavy (non-hydrogen) atoms. The number of ether oxygens (including phenoxy) is 1. The standard InChI is InChI=1S/C18H20BrN3O2/c1-13(14-4-6-15(19)7-5-14)21-18(23)16-3-2-8-20-17(16)22-9-11-24-12-10-22/h2-8,13H,9-12H2,1H3,(H,21,23). The summed E-state index contributed by atoms with van der Waals surface area (Å²) in [7, 11) is 0. The molecule has 1 amide bonds. The third-order valence-corrected chi connectivity index (χ3v) is 4.59. The number of benzene rings is 1. The van der Waals surface area contributed by atoms with Gasteiger partial charge in [-0.3, -0.25) is 4.79 Å². The number of nitrogens with one attached hydrogen (secondary N) is 1. The summed E-state index contributed by atoms with van der Waals surface area (Å²) in [5.41, 5.74) is 1.66. The van der Waals surface area contributed by atoms with Crippen LogP contribution in [-0.4, -0.2) is 37.2 Å². The molecule has 1 N–H and O–H groups in total. The first-order chi connectivity index (χ1) is 11.6. The molecule has 0 aliphatic carbocycles. The molecule has 1 aromatic carbocycles. The van der Waals surface area contributed by atoms with Crippen LogP contribution in [0, 0.1) is 0 Å². The highest BCUT2D eigenvalue weighted by molar-refractivity contribution is 9.10. The fourth-order valence-corrected chi connectivity index (χ4v) is 2.97. The summed E-state index contributed by atoms with van der Waals surface area (Å²) in [6.45, 7) is 4.80. The normalized spacial score (nSPS) is 15.8. The molecule has 6 heteroatoms. The van der Waals surface area contributed by atoms with E-state index in [2.05, 4.69) is 31.1 Å². The van der Waals surface area contributed by atoms with Crippen LogP contribution in [0.15, 0.2) is 47.1 Å². The van der Waals surface area contributed by atoms with Crippen LogP contribution in [0.3, 0.4) is 0 Å². The molecule has 1 aliphatic rings. The van der Waals surface area contributed by atoms with Crippen molar-refractivity contribution in [3.05, 3.63) is 58.2 Å². The van der Waals surface area contributed by atoms with Gasteiger partial charge < -0.3 is 15.0 Å². The third-order valence-electron chi connectivity index (χ3n) is 4.06. The van der Waals surface area contributed by atoms with E-state index in [4.69, 9.17) is 4.74 Å². The molecule has 1 atom stereocenters. The molecule has 1 aliphatic heterocycles. The van der Waals surface area contributed by atoms with Gasteiger partial charge in [-0.15, -0.1) is 0 Å². The van der Waals surface area contributed by atoms with Crippen LogP contribution < -0.4 is 10.2 Å². The Hall–Kier alpha value is -1.92. The zero-order valence-corrected chi connectivity index (χ0v) is 15.1. The SMILES string of the molecule is CC(NC(=O)c1cccnc1N1CCOCC1)c1ccc(Br)cc1. The molecule has 5 nitrogen and oxygen atoms in total. The number of aromatic nitrogens is 1. The molecule has 0 bridgehead atoms. The Labute approximate surface area is 150 Å². The minimum absolute atomic E-state index is 0.0802. The van der Waals surface area contributed by atoms with Gasteiger partial charge in [-0.05, 0) is 36.8 Å². The van der Waals surface area contributed by atoms with E-state index < -0.39 is 0 Å². The summed E-state index contributed by atoms with van der Waals surface area (Å²) in [5.74, 6) is 0.612.